The number of imidazole rings is 1. The predicted molar refractivity (Wildman–Crippen MR) is 67.8 cm³/mol. The molecule has 0 unspecified atom stereocenters. The van der Waals surface area contributed by atoms with Crippen LogP contribution in [0.15, 0.2) is 24.7 Å². The highest BCUT2D eigenvalue weighted by Crippen LogP contribution is 2.20. The lowest BCUT2D eigenvalue weighted by molar-refractivity contribution is 0.756. The zero-order valence-corrected chi connectivity index (χ0v) is 10.3. The Morgan fingerprint density at radius 1 is 1.41 bits per heavy atom. The Labute approximate surface area is 103 Å². The topological polar surface area (TPSA) is 51.4 Å². The van der Waals surface area contributed by atoms with E-state index in [0.717, 1.165) is 22.4 Å². The monoisotopic (exact) mass is 245 g/mol. The van der Waals surface area contributed by atoms with Crippen molar-refractivity contribution in [3.8, 4) is 5.69 Å². The van der Waals surface area contributed by atoms with Gasteiger partial charge in [0.05, 0.1) is 28.6 Å². The van der Waals surface area contributed by atoms with Gasteiger partial charge >= 0.3 is 0 Å². The predicted octanol–water partition coefficient (Wildman–Crippen LogP) is 2.13. The molecule has 0 aliphatic rings. The van der Waals surface area contributed by atoms with Crippen LogP contribution in [-0.2, 0) is 7.05 Å². The average molecular weight is 245 g/mol. The fourth-order valence-electron chi connectivity index (χ4n) is 2.00. The molecule has 0 spiro atoms. The van der Waals surface area contributed by atoms with Crippen molar-refractivity contribution in [2.24, 2.45) is 7.05 Å². The van der Waals surface area contributed by atoms with Crippen molar-refractivity contribution in [1.29, 1.82) is 0 Å². The smallest absolute Gasteiger partial charge is 0.182 e. The first kappa shape index (κ1) is 10.2. The lowest BCUT2D eigenvalue weighted by atomic mass is 10.3. The fraction of sp³-hybridized carbons (Fsp3) is 0.182. The number of nitrogens with zero attached hydrogens (tertiary/aromatic N) is 4. The number of fused-ring (bicyclic) bond motifs is 1. The zero-order chi connectivity index (χ0) is 12.0. The van der Waals surface area contributed by atoms with Gasteiger partial charge in [-0.05, 0) is 25.2 Å². The molecule has 0 fully saturated rings. The highest BCUT2D eigenvalue weighted by atomic mass is 32.1. The zero-order valence-electron chi connectivity index (χ0n) is 9.51. The number of rotatable bonds is 1. The maximum Gasteiger partial charge on any atom is 0.182 e. The van der Waals surface area contributed by atoms with E-state index >= 15 is 0 Å². The van der Waals surface area contributed by atoms with Crippen LogP contribution < -0.4 is 0 Å². The number of H-pyrrole nitrogens is 1. The third-order valence-electron chi connectivity index (χ3n) is 2.71. The third-order valence-corrected chi connectivity index (χ3v) is 3.00. The minimum atomic E-state index is 0.657. The largest absolute Gasteiger partial charge is 0.329 e. The summed E-state index contributed by atoms with van der Waals surface area (Å²) >= 11 is 5.35. The van der Waals surface area contributed by atoms with E-state index in [-0.39, 0.29) is 0 Å². The standard InChI is InChI=1S/C11H11N5S/c1-7-10(6-15(2)14-7)16-9-3-4-12-5-8(9)13-11(16)17/h3-6H,1-2H3,(H,13,17). The highest BCUT2D eigenvalue weighted by molar-refractivity contribution is 7.71. The van der Waals surface area contributed by atoms with E-state index in [2.05, 4.69) is 15.1 Å². The van der Waals surface area contributed by atoms with Crippen LogP contribution >= 0.6 is 12.2 Å². The molecular weight excluding hydrogens is 234 g/mol. The van der Waals surface area contributed by atoms with Gasteiger partial charge in [-0.25, -0.2) is 0 Å². The van der Waals surface area contributed by atoms with Gasteiger partial charge in [0, 0.05) is 19.4 Å². The van der Waals surface area contributed by atoms with Gasteiger partial charge in [0.25, 0.3) is 0 Å². The van der Waals surface area contributed by atoms with Gasteiger partial charge in [-0.2, -0.15) is 5.10 Å². The lowest BCUT2D eigenvalue weighted by Crippen LogP contribution is -1.94. The molecule has 3 aromatic rings. The molecule has 0 saturated carbocycles. The van der Waals surface area contributed by atoms with E-state index in [1.807, 2.05) is 30.8 Å². The summed E-state index contributed by atoms with van der Waals surface area (Å²) in [4.78, 5) is 7.22. The van der Waals surface area contributed by atoms with Crippen molar-refractivity contribution in [2.75, 3.05) is 0 Å². The highest BCUT2D eigenvalue weighted by Gasteiger charge is 2.10. The van der Waals surface area contributed by atoms with E-state index in [1.165, 1.54) is 0 Å². The summed E-state index contributed by atoms with van der Waals surface area (Å²) in [7, 11) is 1.90. The van der Waals surface area contributed by atoms with Crippen molar-refractivity contribution in [2.45, 2.75) is 6.92 Å². The SMILES string of the molecule is Cc1nn(C)cc1-n1c(=S)[nH]c2cnccc21. The van der Waals surface area contributed by atoms with Crippen LogP contribution in [0, 0.1) is 11.7 Å². The summed E-state index contributed by atoms with van der Waals surface area (Å²) in [6, 6.07) is 1.94. The molecule has 86 valence electrons. The molecule has 0 saturated heterocycles. The first-order valence-corrected chi connectivity index (χ1v) is 5.63. The summed E-state index contributed by atoms with van der Waals surface area (Å²) in [5.41, 5.74) is 3.89. The second kappa shape index (κ2) is 3.53. The summed E-state index contributed by atoms with van der Waals surface area (Å²) < 4.78 is 4.42. The molecule has 3 heterocycles. The molecule has 5 nitrogen and oxygen atoms in total. The van der Waals surface area contributed by atoms with E-state index in [1.54, 1.807) is 17.1 Å². The first-order chi connectivity index (χ1) is 8.16. The molecule has 1 N–H and O–H groups in total. The Balaban J connectivity index is 2.41. The minimum absolute atomic E-state index is 0.657. The molecule has 0 bridgehead atoms. The van der Waals surface area contributed by atoms with Crippen LogP contribution in [0.25, 0.3) is 16.7 Å². The average Bonchev–Trinajstić information content (AvgIpc) is 2.77. The fourth-order valence-corrected chi connectivity index (χ4v) is 2.31. The Morgan fingerprint density at radius 3 is 2.94 bits per heavy atom. The molecule has 17 heavy (non-hydrogen) atoms. The first-order valence-electron chi connectivity index (χ1n) is 5.22. The summed E-state index contributed by atoms with van der Waals surface area (Å²) in [5.74, 6) is 0. The third kappa shape index (κ3) is 1.49. The van der Waals surface area contributed by atoms with Gasteiger partial charge in [-0.1, -0.05) is 0 Å². The molecule has 0 atom stereocenters. The van der Waals surface area contributed by atoms with E-state index in [0.29, 0.717) is 4.77 Å². The Kier molecular flexibility index (Phi) is 2.12. The number of aromatic nitrogens is 5. The minimum Gasteiger partial charge on any atom is -0.329 e. The molecule has 0 radical (unpaired) electrons. The summed E-state index contributed by atoms with van der Waals surface area (Å²) in [6.45, 7) is 1.97. The molecule has 0 aliphatic heterocycles. The number of hydrogen-bond acceptors (Lipinski definition) is 3. The Hall–Kier alpha value is -1.95. The Bertz CT molecular complexity index is 749. The lowest BCUT2D eigenvalue weighted by Gasteiger charge is -2.01. The van der Waals surface area contributed by atoms with Crippen LogP contribution in [0.5, 0.6) is 0 Å². The maximum atomic E-state index is 5.35. The van der Waals surface area contributed by atoms with Crippen molar-refractivity contribution in [3.05, 3.63) is 35.1 Å². The molecule has 0 aliphatic carbocycles. The van der Waals surface area contributed by atoms with Crippen LogP contribution in [0.4, 0.5) is 0 Å². The maximum absolute atomic E-state index is 5.35. The van der Waals surface area contributed by atoms with E-state index < -0.39 is 0 Å². The number of aryl methyl sites for hydroxylation is 2. The molecule has 0 amide bonds. The van der Waals surface area contributed by atoms with Gasteiger partial charge in [0.2, 0.25) is 0 Å². The van der Waals surface area contributed by atoms with Crippen LogP contribution in [0.1, 0.15) is 5.69 Å². The summed E-state index contributed by atoms with van der Waals surface area (Å²) in [5, 5.41) is 4.33. The van der Waals surface area contributed by atoms with Gasteiger partial charge in [0.15, 0.2) is 4.77 Å². The van der Waals surface area contributed by atoms with Crippen LogP contribution in [0.2, 0.25) is 0 Å². The van der Waals surface area contributed by atoms with Crippen molar-refractivity contribution in [3.63, 3.8) is 0 Å². The van der Waals surface area contributed by atoms with Crippen molar-refractivity contribution >= 4 is 23.3 Å². The molecular formula is C11H11N5S. The van der Waals surface area contributed by atoms with Gasteiger partial charge < -0.3 is 4.98 Å². The van der Waals surface area contributed by atoms with Gasteiger partial charge in [-0.3, -0.25) is 14.2 Å². The number of aromatic amines is 1. The number of nitrogens with one attached hydrogen (secondary N) is 1. The summed E-state index contributed by atoms with van der Waals surface area (Å²) in [6.07, 6.45) is 5.49. The van der Waals surface area contributed by atoms with E-state index in [4.69, 9.17) is 12.2 Å². The van der Waals surface area contributed by atoms with Gasteiger partial charge in [0.1, 0.15) is 0 Å². The second-order valence-corrected chi connectivity index (χ2v) is 4.32. The molecule has 0 aromatic carbocycles. The van der Waals surface area contributed by atoms with Crippen LogP contribution in [-0.4, -0.2) is 24.3 Å². The second-order valence-electron chi connectivity index (χ2n) is 3.93. The molecule has 3 rings (SSSR count). The number of hydrogen-bond donors (Lipinski definition) is 1. The van der Waals surface area contributed by atoms with Crippen molar-refractivity contribution < 1.29 is 0 Å². The van der Waals surface area contributed by atoms with Crippen molar-refractivity contribution in [1.82, 2.24) is 24.3 Å². The Morgan fingerprint density at radius 2 is 2.24 bits per heavy atom. The molecule has 3 aromatic heterocycles. The number of pyridine rings is 1. The van der Waals surface area contributed by atoms with E-state index in [9.17, 15) is 0 Å². The normalized spacial score (nSPS) is 11.2. The van der Waals surface area contributed by atoms with Crippen LogP contribution in [0.3, 0.4) is 0 Å². The molecule has 6 heteroatoms. The van der Waals surface area contributed by atoms with Gasteiger partial charge in [-0.15, -0.1) is 0 Å². The quantitative estimate of drug-likeness (QED) is 0.668.